The first-order chi connectivity index (χ1) is 14.6. The molecule has 1 unspecified atom stereocenters. The van der Waals surface area contributed by atoms with Gasteiger partial charge in [-0.3, -0.25) is 0 Å². The van der Waals surface area contributed by atoms with Crippen LogP contribution in [0.3, 0.4) is 0 Å². The number of nitrogens with zero attached hydrogens (tertiary/aromatic N) is 2. The first-order valence-electron chi connectivity index (χ1n) is 10.1. The average molecular weight is 421 g/mol. The Morgan fingerprint density at radius 2 is 1.80 bits per heavy atom. The molecule has 1 aliphatic rings. The lowest BCUT2D eigenvalue weighted by Gasteiger charge is -2.32. The van der Waals surface area contributed by atoms with Crippen molar-refractivity contribution in [2.75, 3.05) is 19.7 Å². The molecule has 5 nitrogen and oxygen atoms in total. The SMILES string of the molecule is N#Cc1ccc(COCC2CCCN(S(=O)(=O)c3cccc4ccccc34)C2)cc1. The highest BCUT2D eigenvalue weighted by atomic mass is 32.2. The highest BCUT2D eigenvalue weighted by Crippen LogP contribution is 2.29. The van der Waals surface area contributed by atoms with Crippen LogP contribution in [0.15, 0.2) is 71.6 Å². The van der Waals surface area contributed by atoms with Crippen LogP contribution in [0.2, 0.25) is 0 Å². The molecule has 1 aliphatic heterocycles. The molecular formula is C24H24N2O3S. The number of ether oxygens (including phenoxy) is 1. The third-order valence-electron chi connectivity index (χ3n) is 5.55. The van der Waals surface area contributed by atoms with E-state index in [1.54, 1.807) is 28.6 Å². The van der Waals surface area contributed by atoms with E-state index < -0.39 is 10.0 Å². The van der Waals surface area contributed by atoms with Crippen LogP contribution in [0.1, 0.15) is 24.0 Å². The van der Waals surface area contributed by atoms with Crippen LogP contribution in [-0.4, -0.2) is 32.4 Å². The fraction of sp³-hybridized carbons (Fsp3) is 0.292. The summed E-state index contributed by atoms with van der Waals surface area (Å²) in [4.78, 5) is 0.375. The molecule has 0 aliphatic carbocycles. The van der Waals surface area contributed by atoms with Crippen molar-refractivity contribution >= 4 is 20.8 Å². The van der Waals surface area contributed by atoms with Gasteiger partial charge in [0.15, 0.2) is 0 Å². The van der Waals surface area contributed by atoms with Gasteiger partial charge in [-0.15, -0.1) is 0 Å². The highest BCUT2D eigenvalue weighted by Gasteiger charge is 2.31. The van der Waals surface area contributed by atoms with Crippen LogP contribution in [0, 0.1) is 17.2 Å². The first kappa shape index (κ1) is 20.5. The lowest BCUT2D eigenvalue weighted by Crippen LogP contribution is -2.41. The maximum absolute atomic E-state index is 13.4. The van der Waals surface area contributed by atoms with E-state index in [9.17, 15) is 8.42 Å². The normalized spacial score (nSPS) is 17.6. The number of sulfonamides is 1. The Morgan fingerprint density at radius 1 is 1.03 bits per heavy atom. The number of hydrogen-bond donors (Lipinski definition) is 0. The zero-order valence-electron chi connectivity index (χ0n) is 16.7. The summed E-state index contributed by atoms with van der Waals surface area (Å²) in [5.74, 6) is 0.168. The molecule has 30 heavy (non-hydrogen) atoms. The zero-order chi connectivity index (χ0) is 21.0. The Balaban J connectivity index is 1.42. The zero-order valence-corrected chi connectivity index (χ0v) is 17.5. The monoisotopic (exact) mass is 420 g/mol. The molecule has 1 fully saturated rings. The number of rotatable bonds is 6. The van der Waals surface area contributed by atoms with Crippen molar-refractivity contribution in [3.63, 3.8) is 0 Å². The van der Waals surface area contributed by atoms with Gasteiger partial charge < -0.3 is 4.74 Å². The molecule has 0 bridgehead atoms. The molecule has 0 aromatic heterocycles. The Kier molecular flexibility index (Phi) is 6.14. The molecule has 0 saturated carbocycles. The van der Waals surface area contributed by atoms with Gasteiger partial charge in [-0.1, -0.05) is 48.5 Å². The molecule has 0 amide bonds. The highest BCUT2D eigenvalue weighted by molar-refractivity contribution is 7.89. The molecule has 1 heterocycles. The molecule has 0 radical (unpaired) electrons. The van der Waals surface area contributed by atoms with Crippen LogP contribution in [0.25, 0.3) is 10.8 Å². The molecule has 0 N–H and O–H groups in total. The van der Waals surface area contributed by atoms with Gasteiger partial charge in [0.25, 0.3) is 0 Å². The van der Waals surface area contributed by atoms with Gasteiger partial charge in [0.05, 0.1) is 29.7 Å². The van der Waals surface area contributed by atoms with Crippen molar-refractivity contribution in [2.45, 2.75) is 24.3 Å². The summed E-state index contributed by atoms with van der Waals surface area (Å²) in [5, 5.41) is 10.6. The minimum atomic E-state index is -3.56. The number of hydrogen-bond acceptors (Lipinski definition) is 4. The number of piperidine rings is 1. The van der Waals surface area contributed by atoms with Gasteiger partial charge in [0.1, 0.15) is 0 Å². The average Bonchev–Trinajstić information content (AvgIpc) is 2.79. The molecule has 1 atom stereocenters. The predicted molar refractivity (Wildman–Crippen MR) is 116 cm³/mol. The van der Waals surface area contributed by atoms with Gasteiger partial charge in [0, 0.05) is 18.5 Å². The van der Waals surface area contributed by atoms with Gasteiger partial charge in [-0.05, 0) is 47.9 Å². The second-order valence-corrected chi connectivity index (χ2v) is 9.58. The Bertz CT molecular complexity index is 1160. The van der Waals surface area contributed by atoms with Crippen molar-refractivity contribution < 1.29 is 13.2 Å². The molecule has 154 valence electrons. The number of benzene rings is 3. The maximum atomic E-state index is 13.4. The molecule has 0 spiro atoms. The van der Waals surface area contributed by atoms with Crippen LogP contribution in [0.5, 0.6) is 0 Å². The van der Waals surface area contributed by atoms with Crippen LogP contribution >= 0.6 is 0 Å². The van der Waals surface area contributed by atoms with E-state index in [4.69, 9.17) is 10.00 Å². The maximum Gasteiger partial charge on any atom is 0.243 e. The second kappa shape index (κ2) is 8.97. The molecule has 1 saturated heterocycles. The molecular weight excluding hydrogens is 396 g/mol. The van der Waals surface area contributed by atoms with E-state index >= 15 is 0 Å². The van der Waals surface area contributed by atoms with Crippen LogP contribution < -0.4 is 0 Å². The minimum Gasteiger partial charge on any atom is -0.376 e. The topological polar surface area (TPSA) is 70.4 Å². The van der Waals surface area contributed by atoms with Crippen LogP contribution in [0.4, 0.5) is 0 Å². The van der Waals surface area contributed by atoms with Crippen molar-refractivity contribution in [2.24, 2.45) is 5.92 Å². The first-order valence-corrected chi connectivity index (χ1v) is 11.6. The Hall–Kier alpha value is -2.72. The lowest BCUT2D eigenvalue weighted by atomic mass is 10.0. The van der Waals surface area contributed by atoms with E-state index in [2.05, 4.69) is 6.07 Å². The molecule has 3 aromatic carbocycles. The number of nitriles is 1. The lowest BCUT2D eigenvalue weighted by molar-refractivity contribution is 0.0672. The van der Waals surface area contributed by atoms with E-state index in [1.807, 2.05) is 42.5 Å². The fourth-order valence-electron chi connectivity index (χ4n) is 3.96. The van der Waals surface area contributed by atoms with Crippen molar-refractivity contribution in [1.29, 1.82) is 5.26 Å². The van der Waals surface area contributed by atoms with E-state index in [0.29, 0.717) is 36.8 Å². The minimum absolute atomic E-state index is 0.168. The van der Waals surface area contributed by atoms with Gasteiger partial charge in [-0.25, -0.2) is 8.42 Å². The standard InChI is InChI=1S/C24H24N2O3S/c25-15-19-10-12-20(13-11-19)17-29-18-21-5-4-14-26(16-21)30(27,28)24-9-3-7-22-6-1-2-8-23(22)24/h1-3,6-13,21H,4-5,14,16-18H2. The van der Waals surface area contributed by atoms with Gasteiger partial charge in [0.2, 0.25) is 10.0 Å². The van der Waals surface area contributed by atoms with Gasteiger partial charge in [-0.2, -0.15) is 9.57 Å². The third kappa shape index (κ3) is 4.39. The smallest absolute Gasteiger partial charge is 0.243 e. The summed E-state index contributed by atoms with van der Waals surface area (Å²) in [6, 6.07) is 22.4. The Labute approximate surface area is 177 Å². The summed E-state index contributed by atoms with van der Waals surface area (Å²) < 4.78 is 34.2. The summed E-state index contributed by atoms with van der Waals surface area (Å²) in [6.07, 6.45) is 1.78. The van der Waals surface area contributed by atoms with Crippen molar-refractivity contribution in [3.05, 3.63) is 77.9 Å². The summed E-state index contributed by atoms with van der Waals surface area (Å²) in [5.41, 5.74) is 1.63. The van der Waals surface area contributed by atoms with Crippen LogP contribution in [-0.2, 0) is 21.4 Å². The third-order valence-corrected chi connectivity index (χ3v) is 7.48. The van der Waals surface area contributed by atoms with E-state index in [0.717, 1.165) is 29.2 Å². The summed E-state index contributed by atoms with van der Waals surface area (Å²) >= 11 is 0. The Morgan fingerprint density at radius 3 is 2.60 bits per heavy atom. The largest absolute Gasteiger partial charge is 0.376 e. The number of fused-ring (bicyclic) bond motifs is 1. The molecule has 3 aromatic rings. The summed E-state index contributed by atoms with van der Waals surface area (Å²) in [7, 11) is -3.56. The fourth-order valence-corrected chi connectivity index (χ4v) is 5.73. The van der Waals surface area contributed by atoms with Gasteiger partial charge >= 0.3 is 0 Å². The second-order valence-electron chi connectivity index (χ2n) is 7.67. The van der Waals surface area contributed by atoms with E-state index in [1.165, 1.54) is 0 Å². The quantitative estimate of drug-likeness (QED) is 0.595. The van der Waals surface area contributed by atoms with Crippen molar-refractivity contribution in [1.82, 2.24) is 4.31 Å². The summed E-state index contributed by atoms with van der Waals surface area (Å²) in [6.45, 7) is 1.98. The van der Waals surface area contributed by atoms with Crippen molar-refractivity contribution in [3.8, 4) is 6.07 Å². The molecule has 6 heteroatoms. The predicted octanol–water partition coefficient (Wildman–Crippen LogP) is 4.33. The van der Waals surface area contributed by atoms with E-state index in [-0.39, 0.29) is 5.92 Å². The molecule has 4 rings (SSSR count).